The average molecular weight is 367 g/mol. The van der Waals surface area contributed by atoms with Crippen LogP contribution >= 0.6 is 12.4 Å². The molecule has 1 saturated carbocycles. The zero-order valence-corrected chi connectivity index (χ0v) is 14.3. The Bertz CT molecular complexity index is 519. The molecule has 2 rings (SSSR count). The second kappa shape index (κ2) is 9.25. The minimum Gasteiger partial charge on any atom is -0.383 e. The molecule has 0 bridgehead atoms. The van der Waals surface area contributed by atoms with Crippen LogP contribution in [0.1, 0.15) is 24.0 Å². The van der Waals surface area contributed by atoms with Gasteiger partial charge in [0.05, 0.1) is 18.7 Å². The lowest BCUT2D eigenvalue weighted by Crippen LogP contribution is -2.40. The molecule has 4 nitrogen and oxygen atoms in total. The molecule has 0 aliphatic heterocycles. The van der Waals surface area contributed by atoms with Crippen molar-refractivity contribution < 1.29 is 22.7 Å². The van der Waals surface area contributed by atoms with E-state index >= 15 is 0 Å². The lowest BCUT2D eigenvalue weighted by molar-refractivity contribution is -0.137. The van der Waals surface area contributed by atoms with Gasteiger partial charge in [-0.25, -0.2) is 0 Å². The number of nitrogens with one attached hydrogen (secondary N) is 1. The Balaban J connectivity index is 0.00000288. The van der Waals surface area contributed by atoms with Crippen LogP contribution in [-0.2, 0) is 22.3 Å². The number of alkyl halides is 3. The Morgan fingerprint density at radius 1 is 1.29 bits per heavy atom. The molecule has 0 unspecified atom stereocenters. The maximum absolute atomic E-state index is 12.6. The first-order chi connectivity index (χ1) is 10.9. The Morgan fingerprint density at radius 2 is 1.92 bits per heavy atom. The number of methoxy groups -OCH3 is 1. The van der Waals surface area contributed by atoms with Crippen LogP contribution in [-0.4, -0.2) is 43.7 Å². The topological polar surface area (TPSA) is 41.6 Å². The summed E-state index contributed by atoms with van der Waals surface area (Å²) in [5, 5.41) is 3.00. The maximum atomic E-state index is 12.6. The van der Waals surface area contributed by atoms with Crippen molar-refractivity contribution >= 4 is 18.3 Å². The molecule has 1 aliphatic rings. The molecule has 1 N–H and O–H groups in total. The summed E-state index contributed by atoms with van der Waals surface area (Å²) in [5.41, 5.74) is 0.0296. The van der Waals surface area contributed by atoms with Crippen molar-refractivity contribution in [2.75, 3.05) is 26.8 Å². The number of benzene rings is 1. The third-order valence-electron chi connectivity index (χ3n) is 3.70. The fraction of sp³-hybridized carbons (Fsp3) is 0.562. The Morgan fingerprint density at radius 3 is 2.42 bits per heavy atom. The first-order valence-electron chi connectivity index (χ1n) is 7.57. The zero-order valence-electron chi connectivity index (χ0n) is 13.4. The smallest absolute Gasteiger partial charge is 0.383 e. The highest BCUT2D eigenvalue weighted by Gasteiger charge is 2.33. The van der Waals surface area contributed by atoms with Crippen molar-refractivity contribution in [3.05, 3.63) is 35.4 Å². The molecule has 1 aliphatic carbocycles. The molecular formula is C16H22ClF3N2O2. The van der Waals surface area contributed by atoms with Crippen LogP contribution in [0.5, 0.6) is 0 Å². The van der Waals surface area contributed by atoms with Gasteiger partial charge >= 0.3 is 6.18 Å². The van der Waals surface area contributed by atoms with Crippen molar-refractivity contribution in [2.24, 2.45) is 0 Å². The van der Waals surface area contributed by atoms with E-state index in [1.54, 1.807) is 12.0 Å². The van der Waals surface area contributed by atoms with Crippen LogP contribution in [0.4, 0.5) is 13.2 Å². The molecular weight excluding hydrogens is 345 g/mol. The number of rotatable bonds is 8. The van der Waals surface area contributed by atoms with Gasteiger partial charge in [-0.3, -0.25) is 4.79 Å². The van der Waals surface area contributed by atoms with E-state index < -0.39 is 11.7 Å². The SMILES string of the molecule is COCCNCC(=O)N(Cc1ccc(C(F)(F)F)cc1)C1CC1.Cl. The molecule has 1 aromatic carbocycles. The van der Waals surface area contributed by atoms with E-state index in [1.165, 1.54) is 12.1 Å². The van der Waals surface area contributed by atoms with E-state index in [2.05, 4.69) is 5.32 Å². The summed E-state index contributed by atoms with van der Waals surface area (Å²) in [4.78, 5) is 14.0. The molecule has 0 heterocycles. The molecule has 0 spiro atoms. The average Bonchev–Trinajstić information content (AvgIpc) is 3.33. The van der Waals surface area contributed by atoms with Gasteiger partial charge in [0.15, 0.2) is 0 Å². The number of nitrogens with zero attached hydrogens (tertiary/aromatic N) is 1. The van der Waals surface area contributed by atoms with Crippen molar-refractivity contribution in [1.29, 1.82) is 0 Å². The summed E-state index contributed by atoms with van der Waals surface area (Å²) in [7, 11) is 1.59. The molecule has 1 fully saturated rings. The predicted octanol–water partition coefficient (Wildman–Crippen LogP) is 2.85. The van der Waals surface area contributed by atoms with Crippen LogP contribution in [0.3, 0.4) is 0 Å². The lowest BCUT2D eigenvalue weighted by atomic mass is 10.1. The second-order valence-corrected chi connectivity index (χ2v) is 5.62. The van der Waals surface area contributed by atoms with Gasteiger partial charge in [-0.1, -0.05) is 12.1 Å². The van der Waals surface area contributed by atoms with Crippen molar-refractivity contribution in [3.8, 4) is 0 Å². The largest absolute Gasteiger partial charge is 0.416 e. The minimum absolute atomic E-state index is 0. The number of hydrogen-bond acceptors (Lipinski definition) is 3. The minimum atomic E-state index is -4.34. The Hall–Kier alpha value is -1.31. The van der Waals surface area contributed by atoms with Crippen LogP contribution in [0.2, 0.25) is 0 Å². The highest BCUT2D eigenvalue weighted by molar-refractivity contribution is 5.85. The van der Waals surface area contributed by atoms with E-state index in [9.17, 15) is 18.0 Å². The summed E-state index contributed by atoms with van der Waals surface area (Å²) in [5.74, 6) is -0.0384. The summed E-state index contributed by atoms with van der Waals surface area (Å²) in [6.07, 6.45) is -2.44. The number of halogens is 4. The third-order valence-corrected chi connectivity index (χ3v) is 3.70. The van der Waals surface area contributed by atoms with Crippen LogP contribution in [0, 0.1) is 0 Å². The van der Waals surface area contributed by atoms with Crippen LogP contribution in [0.25, 0.3) is 0 Å². The number of amides is 1. The maximum Gasteiger partial charge on any atom is 0.416 e. The van der Waals surface area contributed by atoms with E-state index in [1.807, 2.05) is 0 Å². The van der Waals surface area contributed by atoms with Crippen molar-refractivity contribution in [3.63, 3.8) is 0 Å². The second-order valence-electron chi connectivity index (χ2n) is 5.62. The zero-order chi connectivity index (χ0) is 16.9. The fourth-order valence-electron chi connectivity index (χ4n) is 2.27. The molecule has 0 saturated heterocycles. The highest BCUT2D eigenvalue weighted by Crippen LogP contribution is 2.31. The highest BCUT2D eigenvalue weighted by atomic mass is 35.5. The molecule has 0 atom stereocenters. The van der Waals surface area contributed by atoms with Gasteiger partial charge in [0.25, 0.3) is 0 Å². The molecule has 1 aromatic rings. The van der Waals surface area contributed by atoms with Gasteiger partial charge in [-0.05, 0) is 30.5 Å². The fourth-order valence-corrected chi connectivity index (χ4v) is 2.27. The quantitative estimate of drug-likeness (QED) is 0.719. The number of ether oxygens (including phenoxy) is 1. The standard InChI is InChI=1S/C16H21F3N2O2.ClH/c1-23-9-8-20-10-15(22)21(14-6-7-14)11-12-2-4-13(5-3-12)16(17,18)19;/h2-5,14,20H,6-11H2,1H3;1H. The monoisotopic (exact) mass is 366 g/mol. The summed E-state index contributed by atoms with van der Waals surface area (Å²) < 4.78 is 42.6. The number of hydrogen-bond donors (Lipinski definition) is 1. The van der Waals surface area contributed by atoms with E-state index in [0.717, 1.165) is 25.0 Å². The molecule has 24 heavy (non-hydrogen) atoms. The van der Waals surface area contributed by atoms with Crippen molar-refractivity contribution in [1.82, 2.24) is 10.2 Å². The van der Waals surface area contributed by atoms with Gasteiger partial charge in [-0.15, -0.1) is 12.4 Å². The molecule has 1 amide bonds. The summed E-state index contributed by atoms with van der Waals surface area (Å²) in [6.45, 7) is 1.66. The summed E-state index contributed by atoms with van der Waals surface area (Å²) >= 11 is 0. The van der Waals surface area contributed by atoms with Crippen LogP contribution in [0.15, 0.2) is 24.3 Å². The van der Waals surface area contributed by atoms with Crippen LogP contribution < -0.4 is 5.32 Å². The first kappa shape index (κ1) is 20.7. The lowest BCUT2D eigenvalue weighted by Gasteiger charge is -2.23. The molecule has 0 aromatic heterocycles. The Labute approximate surface area is 145 Å². The number of carbonyl (C=O) groups excluding carboxylic acids is 1. The summed E-state index contributed by atoms with van der Waals surface area (Å²) in [6, 6.07) is 5.19. The molecule has 0 radical (unpaired) electrons. The van der Waals surface area contributed by atoms with Crippen molar-refractivity contribution in [2.45, 2.75) is 31.6 Å². The van der Waals surface area contributed by atoms with E-state index in [0.29, 0.717) is 25.3 Å². The third kappa shape index (κ3) is 6.30. The first-order valence-corrected chi connectivity index (χ1v) is 7.57. The van der Waals surface area contributed by atoms with Gasteiger partial charge in [0, 0.05) is 26.2 Å². The van der Waals surface area contributed by atoms with Gasteiger partial charge in [0.2, 0.25) is 5.91 Å². The van der Waals surface area contributed by atoms with E-state index in [4.69, 9.17) is 4.74 Å². The van der Waals surface area contributed by atoms with Gasteiger partial charge in [0.1, 0.15) is 0 Å². The Kier molecular flexibility index (Phi) is 7.99. The van der Waals surface area contributed by atoms with Gasteiger partial charge in [-0.2, -0.15) is 13.2 Å². The molecule has 136 valence electrons. The normalized spacial score (nSPS) is 14.2. The number of carbonyl (C=O) groups is 1. The van der Waals surface area contributed by atoms with Gasteiger partial charge < -0.3 is 15.0 Å². The molecule has 8 heteroatoms. The van der Waals surface area contributed by atoms with E-state index in [-0.39, 0.29) is 30.9 Å². The predicted molar refractivity (Wildman–Crippen MR) is 87.0 cm³/mol.